The fourth-order valence-corrected chi connectivity index (χ4v) is 4.26. The summed E-state index contributed by atoms with van der Waals surface area (Å²) in [5, 5.41) is 26.4. The summed E-state index contributed by atoms with van der Waals surface area (Å²) in [4.78, 5) is 36.2. The van der Waals surface area contributed by atoms with Gasteiger partial charge in [0.1, 0.15) is 0 Å². The lowest BCUT2D eigenvalue weighted by Crippen LogP contribution is -2.24. The molecular formula is C27H24BrN5O5. The molecule has 0 fully saturated rings. The molecule has 11 heteroatoms. The highest BCUT2D eigenvalue weighted by atomic mass is 79.9. The van der Waals surface area contributed by atoms with Gasteiger partial charge in [0, 0.05) is 18.6 Å². The van der Waals surface area contributed by atoms with Crippen LogP contribution in [-0.2, 0) is 17.8 Å². The predicted molar refractivity (Wildman–Crippen MR) is 147 cm³/mol. The summed E-state index contributed by atoms with van der Waals surface area (Å²) in [7, 11) is 3.75. The smallest absolute Gasteiger partial charge is 0.335 e. The molecular weight excluding hydrogens is 554 g/mol. The van der Waals surface area contributed by atoms with E-state index in [1.54, 1.807) is 53.1 Å². The van der Waals surface area contributed by atoms with Crippen molar-refractivity contribution in [1.29, 1.82) is 0 Å². The normalized spacial score (nSPS) is 10.7. The monoisotopic (exact) mass is 577 g/mol. The Morgan fingerprint density at radius 1 is 0.921 bits per heavy atom. The van der Waals surface area contributed by atoms with Gasteiger partial charge < -0.3 is 15.1 Å². The van der Waals surface area contributed by atoms with Gasteiger partial charge >= 0.3 is 11.9 Å². The topological polar surface area (TPSA) is 130 Å². The molecule has 0 aliphatic heterocycles. The van der Waals surface area contributed by atoms with Gasteiger partial charge in [-0.15, -0.1) is 10.2 Å². The molecule has 0 unspecified atom stereocenters. The number of anilines is 1. The zero-order chi connectivity index (χ0) is 27.4. The van der Waals surface area contributed by atoms with E-state index in [4.69, 9.17) is 10.2 Å². The molecule has 2 heterocycles. The van der Waals surface area contributed by atoms with Crippen molar-refractivity contribution in [3.05, 3.63) is 104 Å². The van der Waals surface area contributed by atoms with Gasteiger partial charge in [-0.3, -0.25) is 14.2 Å². The number of carboxylic acid groups (broad SMARTS) is 2. The average Bonchev–Trinajstić information content (AvgIpc) is 3.34. The fraction of sp³-hybridized carbons (Fsp3) is 0.148. The minimum absolute atomic E-state index is 0.0369. The lowest BCUT2D eigenvalue weighted by atomic mass is 10.1. The number of carbonyl (C=O) groups is 2. The van der Waals surface area contributed by atoms with E-state index in [0.717, 1.165) is 15.6 Å². The zero-order valence-corrected chi connectivity index (χ0v) is 22.2. The molecule has 10 nitrogen and oxygen atoms in total. The largest absolute Gasteiger partial charge is 0.481 e. The Morgan fingerprint density at radius 2 is 1.58 bits per heavy atom. The first-order valence-electron chi connectivity index (χ1n) is 11.5. The number of halogens is 1. The summed E-state index contributed by atoms with van der Waals surface area (Å²) >= 11 is 3.44. The van der Waals surface area contributed by atoms with Crippen LogP contribution >= 0.6 is 15.9 Å². The van der Waals surface area contributed by atoms with Gasteiger partial charge in [-0.05, 0) is 41.5 Å². The third-order valence-electron chi connectivity index (χ3n) is 5.69. The van der Waals surface area contributed by atoms with Crippen LogP contribution < -0.4 is 10.5 Å². The average molecular weight is 578 g/mol. The van der Waals surface area contributed by atoms with E-state index < -0.39 is 11.9 Å². The molecule has 3 aromatic carbocycles. The molecule has 0 saturated heterocycles. The van der Waals surface area contributed by atoms with E-state index in [-0.39, 0.29) is 12.0 Å². The van der Waals surface area contributed by atoms with Crippen molar-refractivity contribution in [2.45, 2.75) is 13.0 Å². The van der Waals surface area contributed by atoms with Crippen LogP contribution in [0.5, 0.6) is 0 Å². The van der Waals surface area contributed by atoms with Crippen molar-refractivity contribution < 1.29 is 19.8 Å². The molecule has 0 spiro atoms. The number of rotatable bonds is 6. The predicted octanol–water partition coefficient (Wildman–Crippen LogP) is 3.93. The van der Waals surface area contributed by atoms with E-state index in [2.05, 4.69) is 26.1 Å². The number of aliphatic carboxylic acids is 1. The number of benzene rings is 3. The second-order valence-electron chi connectivity index (χ2n) is 8.64. The van der Waals surface area contributed by atoms with Gasteiger partial charge in [0.05, 0.1) is 29.4 Å². The molecule has 2 N–H and O–H groups in total. The number of nitrogens with zero attached hydrogens (tertiary/aromatic N) is 5. The summed E-state index contributed by atoms with van der Waals surface area (Å²) in [5.41, 5.74) is 2.47. The van der Waals surface area contributed by atoms with Gasteiger partial charge in [-0.1, -0.05) is 58.4 Å². The number of aromatic nitrogens is 4. The molecule has 5 rings (SSSR count). The number of hydrogen-bond acceptors (Lipinski definition) is 6. The molecule has 2 aromatic heterocycles. The first kappa shape index (κ1) is 26.6. The SMILES string of the molecule is CN(C)c1nnc2n(Cc3ccc(CC(=O)O)cc3)c(=O)c3cc(Br)ccc3n12.O=C(O)c1ccccc1. The lowest BCUT2D eigenvalue weighted by Gasteiger charge is -2.14. The maximum atomic E-state index is 13.3. The number of hydrogen-bond donors (Lipinski definition) is 2. The van der Waals surface area contributed by atoms with Crippen molar-refractivity contribution in [3.63, 3.8) is 0 Å². The molecule has 0 aliphatic carbocycles. The second-order valence-corrected chi connectivity index (χ2v) is 9.56. The van der Waals surface area contributed by atoms with Crippen LogP contribution in [0.1, 0.15) is 21.5 Å². The van der Waals surface area contributed by atoms with Crippen molar-refractivity contribution in [2.24, 2.45) is 0 Å². The number of fused-ring (bicyclic) bond motifs is 3. The van der Waals surface area contributed by atoms with Crippen LogP contribution in [0, 0.1) is 0 Å². The Labute approximate surface area is 225 Å². The van der Waals surface area contributed by atoms with Crippen LogP contribution in [-0.4, -0.2) is 55.4 Å². The number of aromatic carboxylic acids is 1. The van der Waals surface area contributed by atoms with E-state index in [0.29, 0.717) is 34.8 Å². The molecule has 38 heavy (non-hydrogen) atoms. The van der Waals surface area contributed by atoms with E-state index >= 15 is 0 Å². The van der Waals surface area contributed by atoms with Crippen molar-refractivity contribution in [3.8, 4) is 0 Å². The number of carboxylic acids is 2. The second kappa shape index (κ2) is 11.3. The van der Waals surface area contributed by atoms with Crippen LogP contribution in [0.3, 0.4) is 0 Å². The molecule has 0 bridgehead atoms. The van der Waals surface area contributed by atoms with Crippen LogP contribution in [0.2, 0.25) is 0 Å². The maximum absolute atomic E-state index is 13.3. The molecule has 5 aromatic rings. The van der Waals surface area contributed by atoms with E-state index in [1.807, 2.05) is 47.7 Å². The molecule has 0 atom stereocenters. The van der Waals surface area contributed by atoms with Crippen molar-refractivity contribution >= 4 is 50.5 Å². The highest BCUT2D eigenvalue weighted by Gasteiger charge is 2.18. The van der Waals surface area contributed by atoms with Crippen LogP contribution in [0.15, 0.2) is 82.1 Å². The lowest BCUT2D eigenvalue weighted by molar-refractivity contribution is -0.136. The quantitative estimate of drug-likeness (QED) is 0.310. The maximum Gasteiger partial charge on any atom is 0.335 e. The summed E-state index contributed by atoms with van der Waals surface area (Å²) in [6, 6.07) is 21.0. The summed E-state index contributed by atoms with van der Waals surface area (Å²) in [6.45, 7) is 0.295. The Bertz CT molecular complexity index is 1680. The van der Waals surface area contributed by atoms with Gasteiger partial charge in [0.2, 0.25) is 11.7 Å². The molecule has 0 saturated carbocycles. The standard InChI is InChI=1S/C20H18BrN5O3.C7H6O2/c1-24(2)19-22-23-20-25(11-13-5-3-12(4-6-13)9-17(27)28)18(29)15-10-14(21)7-8-16(15)26(19)20;8-7(9)6-4-2-1-3-5-6/h3-8,10H,9,11H2,1-2H3,(H,27,28);1-5H,(H,8,9). The Morgan fingerprint density at radius 3 is 2.16 bits per heavy atom. The highest BCUT2D eigenvalue weighted by molar-refractivity contribution is 9.10. The minimum atomic E-state index is -0.879. The van der Waals surface area contributed by atoms with E-state index in [9.17, 15) is 14.4 Å². The van der Waals surface area contributed by atoms with Gasteiger partial charge in [-0.2, -0.15) is 0 Å². The Balaban J connectivity index is 0.000000317. The fourth-order valence-electron chi connectivity index (χ4n) is 3.90. The first-order valence-corrected chi connectivity index (χ1v) is 12.3. The molecule has 0 aliphatic rings. The molecule has 0 amide bonds. The summed E-state index contributed by atoms with van der Waals surface area (Å²) in [6.07, 6.45) is -0.0369. The third kappa shape index (κ3) is 5.73. The third-order valence-corrected chi connectivity index (χ3v) is 6.18. The van der Waals surface area contributed by atoms with Crippen molar-refractivity contribution in [1.82, 2.24) is 19.2 Å². The van der Waals surface area contributed by atoms with Gasteiger partial charge in [0.25, 0.3) is 5.56 Å². The van der Waals surface area contributed by atoms with Gasteiger partial charge in [0.15, 0.2) is 0 Å². The highest BCUT2D eigenvalue weighted by Crippen LogP contribution is 2.22. The van der Waals surface area contributed by atoms with Crippen LogP contribution in [0.4, 0.5) is 5.95 Å². The van der Waals surface area contributed by atoms with Gasteiger partial charge in [-0.25, -0.2) is 9.20 Å². The van der Waals surface area contributed by atoms with Crippen molar-refractivity contribution in [2.75, 3.05) is 19.0 Å². The van der Waals surface area contributed by atoms with Crippen LogP contribution in [0.25, 0.3) is 16.7 Å². The summed E-state index contributed by atoms with van der Waals surface area (Å²) in [5.74, 6) is -0.688. The Hall–Kier alpha value is -4.51. The van der Waals surface area contributed by atoms with E-state index in [1.165, 1.54) is 0 Å². The molecule has 0 radical (unpaired) electrons. The zero-order valence-electron chi connectivity index (χ0n) is 20.6. The first-order chi connectivity index (χ1) is 18.2. The summed E-state index contributed by atoms with van der Waals surface area (Å²) < 4.78 is 4.26. The minimum Gasteiger partial charge on any atom is -0.481 e. The Kier molecular flexibility index (Phi) is 7.87. The molecule has 194 valence electrons.